The van der Waals surface area contributed by atoms with Crippen molar-refractivity contribution in [3.8, 4) is 5.75 Å². The molecule has 0 atom stereocenters. The van der Waals surface area contributed by atoms with Crippen molar-refractivity contribution in [1.29, 1.82) is 0 Å². The zero-order valence-corrected chi connectivity index (χ0v) is 16.5. The summed E-state index contributed by atoms with van der Waals surface area (Å²) < 4.78 is 43.5. The topological polar surface area (TPSA) is 67.4 Å². The number of alkyl halides is 3. The summed E-state index contributed by atoms with van der Waals surface area (Å²) in [6.45, 7) is 2.28. The van der Waals surface area contributed by atoms with E-state index in [1.807, 2.05) is 6.92 Å². The molecular formula is C23H19F3N2O3. The Morgan fingerprint density at radius 3 is 2.19 bits per heavy atom. The summed E-state index contributed by atoms with van der Waals surface area (Å²) in [7, 11) is 0. The SMILES string of the molecule is CCOc1ccccc1NC(=O)c1cccc(NC(=O)c2ccc(C(F)(F)F)cc2)c1. The second-order valence-electron chi connectivity index (χ2n) is 6.49. The molecule has 31 heavy (non-hydrogen) atoms. The number of rotatable bonds is 6. The first-order chi connectivity index (χ1) is 14.8. The van der Waals surface area contributed by atoms with Gasteiger partial charge in [0, 0.05) is 16.8 Å². The van der Waals surface area contributed by atoms with Crippen molar-refractivity contribution in [3.63, 3.8) is 0 Å². The molecule has 3 rings (SSSR count). The van der Waals surface area contributed by atoms with Crippen molar-refractivity contribution in [1.82, 2.24) is 0 Å². The van der Waals surface area contributed by atoms with Gasteiger partial charge < -0.3 is 15.4 Å². The Labute approximate surface area is 176 Å². The van der Waals surface area contributed by atoms with Gasteiger partial charge in [0.15, 0.2) is 0 Å². The van der Waals surface area contributed by atoms with E-state index in [2.05, 4.69) is 10.6 Å². The van der Waals surface area contributed by atoms with Crippen molar-refractivity contribution in [2.75, 3.05) is 17.2 Å². The number of para-hydroxylation sites is 2. The number of nitrogens with one attached hydrogen (secondary N) is 2. The van der Waals surface area contributed by atoms with Crippen LogP contribution in [0, 0.1) is 0 Å². The van der Waals surface area contributed by atoms with Crippen molar-refractivity contribution < 1.29 is 27.5 Å². The Kier molecular flexibility index (Phi) is 6.59. The van der Waals surface area contributed by atoms with Crippen molar-refractivity contribution in [3.05, 3.63) is 89.5 Å². The lowest BCUT2D eigenvalue weighted by atomic mass is 10.1. The molecular weight excluding hydrogens is 409 g/mol. The Bertz CT molecular complexity index is 1080. The third-order valence-corrected chi connectivity index (χ3v) is 4.29. The van der Waals surface area contributed by atoms with E-state index in [4.69, 9.17) is 4.74 Å². The van der Waals surface area contributed by atoms with Gasteiger partial charge in [-0.2, -0.15) is 13.2 Å². The average molecular weight is 428 g/mol. The number of benzene rings is 3. The fraction of sp³-hybridized carbons (Fsp3) is 0.130. The van der Waals surface area contributed by atoms with E-state index in [1.54, 1.807) is 42.5 Å². The molecule has 0 aliphatic rings. The fourth-order valence-electron chi connectivity index (χ4n) is 2.80. The van der Waals surface area contributed by atoms with Gasteiger partial charge in [-0.15, -0.1) is 0 Å². The predicted octanol–water partition coefficient (Wildman–Crippen LogP) is 5.61. The predicted molar refractivity (Wildman–Crippen MR) is 111 cm³/mol. The molecule has 5 nitrogen and oxygen atoms in total. The van der Waals surface area contributed by atoms with Crippen LogP contribution in [0.4, 0.5) is 24.5 Å². The standard InChI is InChI=1S/C23H19F3N2O3/c1-2-31-20-9-4-3-8-19(20)28-22(30)16-6-5-7-18(14-16)27-21(29)15-10-12-17(13-11-15)23(24,25)26/h3-14H,2H2,1H3,(H,27,29)(H,28,30). The number of carbonyl (C=O) groups is 2. The minimum atomic E-state index is -4.47. The van der Waals surface area contributed by atoms with Gasteiger partial charge in [0.1, 0.15) is 5.75 Å². The molecule has 0 bridgehead atoms. The summed E-state index contributed by atoms with van der Waals surface area (Å²) in [5.41, 5.74) is 0.351. The van der Waals surface area contributed by atoms with Crippen LogP contribution in [0.1, 0.15) is 33.2 Å². The quantitative estimate of drug-likeness (QED) is 0.536. The normalized spacial score (nSPS) is 11.0. The summed E-state index contributed by atoms with van der Waals surface area (Å²) in [6, 6.07) is 17.1. The van der Waals surface area contributed by atoms with Crippen LogP contribution in [0.2, 0.25) is 0 Å². The molecule has 0 unspecified atom stereocenters. The van der Waals surface area contributed by atoms with Crippen LogP contribution in [0.5, 0.6) is 5.75 Å². The number of anilines is 2. The molecule has 3 aromatic rings. The van der Waals surface area contributed by atoms with Gasteiger partial charge >= 0.3 is 6.18 Å². The highest BCUT2D eigenvalue weighted by molar-refractivity contribution is 6.07. The summed E-state index contributed by atoms with van der Waals surface area (Å²) >= 11 is 0. The Morgan fingerprint density at radius 2 is 1.52 bits per heavy atom. The molecule has 0 aliphatic heterocycles. The van der Waals surface area contributed by atoms with E-state index in [1.165, 1.54) is 6.07 Å². The second kappa shape index (κ2) is 9.34. The molecule has 0 radical (unpaired) electrons. The zero-order valence-electron chi connectivity index (χ0n) is 16.5. The molecule has 0 spiro atoms. The van der Waals surface area contributed by atoms with Crippen LogP contribution < -0.4 is 15.4 Å². The molecule has 2 amide bonds. The monoisotopic (exact) mass is 428 g/mol. The Hall–Kier alpha value is -3.81. The number of halogens is 3. The summed E-state index contributed by atoms with van der Waals surface area (Å²) in [5.74, 6) is -0.462. The molecule has 8 heteroatoms. The van der Waals surface area contributed by atoms with Gasteiger partial charge in [0.2, 0.25) is 0 Å². The molecule has 2 N–H and O–H groups in total. The highest BCUT2D eigenvalue weighted by Gasteiger charge is 2.30. The van der Waals surface area contributed by atoms with E-state index in [9.17, 15) is 22.8 Å². The maximum absolute atomic E-state index is 12.7. The van der Waals surface area contributed by atoms with Gasteiger partial charge in [0.05, 0.1) is 17.9 Å². The van der Waals surface area contributed by atoms with Crippen LogP contribution in [0.25, 0.3) is 0 Å². The Balaban J connectivity index is 1.71. The van der Waals surface area contributed by atoms with Crippen LogP contribution in [-0.2, 0) is 6.18 Å². The summed E-state index contributed by atoms with van der Waals surface area (Å²) in [5, 5.41) is 5.34. The van der Waals surface area contributed by atoms with Gasteiger partial charge in [-0.05, 0) is 61.5 Å². The van der Waals surface area contributed by atoms with Crippen molar-refractivity contribution in [2.45, 2.75) is 13.1 Å². The lowest BCUT2D eigenvalue weighted by molar-refractivity contribution is -0.137. The van der Waals surface area contributed by atoms with Gasteiger partial charge in [-0.3, -0.25) is 9.59 Å². The fourth-order valence-corrected chi connectivity index (χ4v) is 2.80. The molecule has 0 aromatic heterocycles. The lowest BCUT2D eigenvalue weighted by Gasteiger charge is -2.12. The summed E-state index contributed by atoms with van der Waals surface area (Å²) in [6.07, 6.45) is -4.47. The number of amides is 2. The van der Waals surface area contributed by atoms with Gasteiger partial charge in [-0.25, -0.2) is 0 Å². The van der Waals surface area contributed by atoms with E-state index < -0.39 is 23.6 Å². The number of hydrogen-bond donors (Lipinski definition) is 2. The number of hydrogen-bond acceptors (Lipinski definition) is 3. The smallest absolute Gasteiger partial charge is 0.416 e. The molecule has 0 aliphatic carbocycles. The largest absolute Gasteiger partial charge is 0.492 e. The molecule has 0 saturated carbocycles. The molecule has 0 heterocycles. The Morgan fingerprint density at radius 1 is 0.839 bits per heavy atom. The first kappa shape index (κ1) is 21.9. The maximum atomic E-state index is 12.7. The second-order valence-corrected chi connectivity index (χ2v) is 6.49. The maximum Gasteiger partial charge on any atom is 0.416 e. The lowest BCUT2D eigenvalue weighted by Crippen LogP contribution is -2.15. The number of ether oxygens (including phenoxy) is 1. The van der Waals surface area contributed by atoms with E-state index in [0.29, 0.717) is 23.7 Å². The van der Waals surface area contributed by atoms with Crippen LogP contribution in [0.3, 0.4) is 0 Å². The minimum Gasteiger partial charge on any atom is -0.492 e. The van der Waals surface area contributed by atoms with Crippen molar-refractivity contribution in [2.24, 2.45) is 0 Å². The highest BCUT2D eigenvalue weighted by atomic mass is 19.4. The zero-order chi connectivity index (χ0) is 22.4. The van der Waals surface area contributed by atoms with Crippen molar-refractivity contribution >= 4 is 23.2 Å². The number of carbonyl (C=O) groups excluding carboxylic acids is 2. The van der Waals surface area contributed by atoms with Gasteiger partial charge in [0.25, 0.3) is 11.8 Å². The highest BCUT2D eigenvalue weighted by Crippen LogP contribution is 2.29. The van der Waals surface area contributed by atoms with Crippen LogP contribution >= 0.6 is 0 Å². The van der Waals surface area contributed by atoms with Crippen LogP contribution in [0.15, 0.2) is 72.8 Å². The van der Waals surface area contributed by atoms with E-state index in [0.717, 1.165) is 24.3 Å². The molecule has 0 fully saturated rings. The average Bonchev–Trinajstić information content (AvgIpc) is 2.75. The third-order valence-electron chi connectivity index (χ3n) is 4.29. The third kappa shape index (κ3) is 5.63. The first-order valence-electron chi connectivity index (χ1n) is 9.40. The molecule has 0 saturated heterocycles. The molecule has 160 valence electrons. The van der Waals surface area contributed by atoms with Gasteiger partial charge in [-0.1, -0.05) is 18.2 Å². The van der Waals surface area contributed by atoms with E-state index >= 15 is 0 Å². The van der Waals surface area contributed by atoms with E-state index in [-0.39, 0.29) is 11.1 Å². The first-order valence-corrected chi connectivity index (χ1v) is 9.40. The van der Waals surface area contributed by atoms with Crippen LogP contribution in [-0.4, -0.2) is 18.4 Å². The molecule has 3 aromatic carbocycles. The summed E-state index contributed by atoms with van der Waals surface area (Å²) in [4.78, 5) is 25.0. The minimum absolute atomic E-state index is 0.0634.